The molecule has 0 aliphatic carbocycles. The highest BCUT2D eigenvalue weighted by Crippen LogP contribution is 2.35. The first-order valence-corrected chi connectivity index (χ1v) is 12.9. The summed E-state index contributed by atoms with van der Waals surface area (Å²) >= 11 is 3.26. The van der Waals surface area contributed by atoms with Crippen molar-refractivity contribution in [2.75, 3.05) is 14.2 Å². The number of ether oxygens (including phenoxy) is 3. The average Bonchev–Trinajstić information content (AvgIpc) is 3.41. The Morgan fingerprint density at radius 3 is 2.66 bits per heavy atom. The van der Waals surface area contributed by atoms with E-state index in [-0.39, 0.29) is 28.3 Å². The quantitative estimate of drug-likeness (QED) is 0.0973. The van der Waals surface area contributed by atoms with Gasteiger partial charge >= 0.3 is 11.7 Å². The number of fused-ring (bicyclic) bond motifs is 2. The molecule has 0 amide bonds. The van der Waals surface area contributed by atoms with Crippen LogP contribution in [0.1, 0.15) is 12.5 Å². The van der Waals surface area contributed by atoms with Crippen molar-refractivity contribution in [3.8, 4) is 23.1 Å². The number of furan rings is 1. The summed E-state index contributed by atoms with van der Waals surface area (Å²) in [4.78, 5) is 41.5. The zero-order valence-electron chi connectivity index (χ0n) is 21.9. The van der Waals surface area contributed by atoms with Crippen molar-refractivity contribution in [2.24, 2.45) is 5.10 Å². The number of carbonyl (C=O) groups is 1. The van der Waals surface area contributed by atoms with E-state index in [0.717, 1.165) is 4.68 Å². The molecule has 13 heteroatoms. The fourth-order valence-electron chi connectivity index (χ4n) is 4.18. The zero-order chi connectivity index (χ0) is 29.3. The van der Waals surface area contributed by atoms with E-state index in [4.69, 9.17) is 18.6 Å². The van der Waals surface area contributed by atoms with E-state index in [1.54, 1.807) is 48.5 Å². The minimum Gasteiger partial charge on any atom is -0.496 e. The van der Waals surface area contributed by atoms with Gasteiger partial charge < -0.3 is 18.6 Å². The second-order valence-electron chi connectivity index (χ2n) is 8.68. The molecule has 41 heavy (non-hydrogen) atoms. The number of esters is 1. The Kier molecular flexibility index (Phi) is 7.53. The summed E-state index contributed by atoms with van der Waals surface area (Å²) in [7, 11) is 2.71. The van der Waals surface area contributed by atoms with Crippen LogP contribution in [0.3, 0.4) is 0 Å². The number of carbonyl (C=O) groups excluding carboxylic acids is 1. The van der Waals surface area contributed by atoms with Crippen molar-refractivity contribution < 1.29 is 28.3 Å². The predicted molar refractivity (Wildman–Crippen MR) is 154 cm³/mol. The van der Waals surface area contributed by atoms with Crippen LogP contribution in [0, 0.1) is 10.1 Å². The van der Waals surface area contributed by atoms with Crippen LogP contribution >= 0.6 is 15.9 Å². The highest BCUT2D eigenvalue weighted by atomic mass is 79.9. The SMILES string of the molecule is COC(=O)[C@H](C)Oc1c(C=Nn2c(-c3cc4c(OC)cccc4o3)nc3ccccc3c2=O)cc(Br)cc1[N+](=O)[O-]. The monoisotopic (exact) mass is 620 g/mol. The van der Waals surface area contributed by atoms with Gasteiger partial charge in [-0.15, -0.1) is 0 Å². The molecule has 5 rings (SSSR count). The van der Waals surface area contributed by atoms with E-state index in [9.17, 15) is 19.7 Å². The third-order valence-electron chi connectivity index (χ3n) is 6.12. The lowest BCUT2D eigenvalue weighted by Crippen LogP contribution is -2.26. The lowest BCUT2D eigenvalue weighted by Gasteiger charge is -2.15. The van der Waals surface area contributed by atoms with Crippen LogP contribution in [0.2, 0.25) is 0 Å². The van der Waals surface area contributed by atoms with Crippen molar-refractivity contribution in [3.05, 3.63) is 91.2 Å². The topological polar surface area (TPSA) is 148 Å². The summed E-state index contributed by atoms with van der Waals surface area (Å²) in [5, 5.41) is 17.2. The molecule has 0 aliphatic rings. The van der Waals surface area contributed by atoms with E-state index in [2.05, 4.69) is 26.0 Å². The smallest absolute Gasteiger partial charge is 0.346 e. The number of rotatable bonds is 8. The van der Waals surface area contributed by atoms with Gasteiger partial charge in [0.05, 0.1) is 41.6 Å². The minimum atomic E-state index is -1.17. The van der Waals surface area contributed by atoms with Gasteiger partial charge in [-0.2, -0.15) is 9.78 Å². The highest BCUT2D eigenvalue weighted by molar-refractivity contribution is 9.10. The number of para-hydroxylation sites is 1. The van der Waals surface area contributed by atoms with Gasteiger partial charge in [-0.05, 0) is 43.3 Å². The Morgan fingerprint density at radius 2 is 1.93 bits per heavy atom. The second-order valence-corrected chi connectivity index (χ2v) is 9.60. The molecule has 0 N–H and O–H groups in total. The fourth-order valence-corrected chi connectivity index (χ4v) is 4.65. The second kappa shape index (κ2) is 11.2. The number of nitro benzene ring substituents is 1. The normalized spacial score (nSPS) is 12.1. The van der Waals surface area contributed by atoms with Crippen LogP contribution < -0.4 is 15.0 Å². The summed E-state index contributed by atoms with van der Waals surface area (Å²) < 4.78 is 23.2. The molecule has 0 fully saturated rings. The van der Waals surface area contributed by atoms with Gasteiger partial charge in [0.15, 0.2) is 11.9 Å². The molecule has 2 heterocycles. The molecule has 1 atom stereocenters. The van der Waals surface area contributed by atoms with Crippen molar-refractivity contribution >= 4 is 55.7 Å². The van der Waals surface area contributed by atoms with Gasteiger partial charge in [0.1, 0.15) is 11.3 Å². The van der Waals surface area contributed by atoms with Gasteiger partial charge in [-0.25, -0.2) is 9.78 Å². The summed E-state index contributed by atoms with van der Waals surface area (Å²) in [6.45, 7) is 1.39. The summed E-state index contributed by atoms with van der Waals surface area (Å²) in [6.07, 6.45) is 0.0416. The van der Waals surface area contributed by atoms with Gasteiger partial charge in [-0.3, -0.25) is 14.9 Å². The lowest BCUT2D eigenvalue weighted by atomic mass is 10.2. The Balaban J connectivity index is 1.72. The van der Waals surface area contributed by atoms with Crippen LogP contribution in [-0.2, 0) is 9.53 Å². The van der Waals surface area contributed by atoms with E-state index in [1.165, 1.54) is 39.5 Å². The number of hydrogen-bond donors (Lipinski definition) is 0. The maximum atomic E-state index is 13.6. The van der Waals surface area contributed by atoms with Gasteiger partial charge in [-0.1, -0.05) is 34.1 Å². The molecule has 0 unspecified atom stereocenters. The Labute approximate surface area is 240 Å². The van der Waals surface area contributed by atoms with Crippen molar-refractivity contribution in [1.29, 1.82) is 0 Å². The number of nitro groups is 1. The van der Waals surface area contributed by atoms with E-state index in [1.807, 2.05) is 0 Å². The maximum absolute atomic E-state index is 13.6. The number of halogens is 1. The third kappa shape index (κ3) is 5.26. The van der Waals surface area contributed by atoms with Gasteiger partial charge in [0, 0.05) is 16.1 Å². The zero-order valence-corrected chi connectivity index (χ0v) is 23.4. The molecule has 12 nitrogen and oxygen atoms in total. The molecule has 0 aliphatic heterocycles. The average molecular weight is 621 g/mol. The summed E-state index contributed by atoms with van der Waals surface area (Å²) in [5.41, 5.74) is 0.0983. The molecule has 0 spiro atoms. The van der Waals surface area contributed by atoms with Crippen LogP contribution in [0.15, 0.2) is 79.4 Å². The number of nitrogens with zero attached hydrogens (tertiary/aromatic N) is 4. The lowest BCUT2D eigenvalue weighted by molar-refractivity contribution is -0.386. The maximum Gasteiger partial charge on any atom is 0.346 e. The predicted octanol–water partition coefficient (Wildman–Crippen LogP) is 5.31. The third-order valence-corrected chi connectivity index (χ3v) is 6.57. The van der Waals surface area contributed by atoms with Crippen LogP contribution in [0.5, 0.6) is 11.5 Å². The molecule has 0 saturated heterocycles. The first-order chi connectivity index (χ1) is 19.7. The molecule has 2 aromatic heterocycles. The Morgan fingerprint density at radius 1 is 1.15 bits per heavy atom. The van der Waals surface area contributed by atoms with Crippen LogP contribution in [-0.4, -0.2) is 47.1 Å². The number of benzene rings is 3. The molecule has 5 aromatic rings. The largest absolute Gasteiger partial charge is 0.496 e. The molecule has 208 valence electrons. The highest BCUT2D eigenvalue weighted by Gasteiger charge is 2.26. The van der Waals surface area contributed by atoms with E-state index >= 15 is 0 Å². The van der Waals surface area contributed by atoms with Crippen molar-refractivity contribution in [1.82, 2.24) is 9.66 Å². The Bertz CT molecular complexity index is 1910. The van der Waals surface area contributed by atoms with Crippen molar-refractivity contribution in [2.45, 2.75) is 13.0 Å². The first-order valence-electron chi connectivity index (χ1n) is 12.1. The summed E-state index contributed by atoms with van der Waals surface area (Å²) in [6, 6.07) is 16.5. The molecule has 0 saturated carbocycles. The molecule has 0 bridgehead atoms. The first kappa shape index (κ1) is 27.5. The fraction of sp³-hybridized carbons (Fsp3) is 0.143. The minimum absolute atomic E-state index is 0.0816. The van der Waals surface area contributed by atoms with Crippen LogP contribution in [0.25, 0.3) is 33.5 Å². The molecular weight excluding hydrogens is 600 g/mol. The van der Waals surface area contributed by atoms with E-state index in [0.29, 0.717) is 26.7 Å². The number of methoxy groups -OCH3 is 2. The van der Waals surface area contributed by atoms with E-state index < -0.39 is 28.2 Å². The van der Waals surface area contributed by atoms with Gasteiger partial charge in [0.25, 0.3) is 5.56 Å². The molecule has 3 aromatic carbocycles. The van der Waals surface area contributed by atoms with Crippen LogP contribution in [0.4, 0.5) is 5.69 Å². The van der Waals surface area contributed by atoms with Crippen molar-refractivity contribution in [3.63, 3.8) is 0 Å². The van der Waals surface area contributed by atoms with Gasteiger partial charge in [0.2, 0.25) is 11.6 Å². The molecule has 0 radical (unpaired) electrons. The number of hydrogen-bond acceptors (Lipinski definition) is 10. The summed E-state index contributed by atoms with van der Waals surface area (Å²) in [5.74, 6) is -0.0865. The molecular formula is C28H21BrN4O8. The Hall–Kier alpha value is -5.04. The standard InChI is InChI=1S/C28H21BrN4O8/c1-15(28(35)39-3)40-25-16(11-17(29)12-21(25)33(36)37)14-30-32-26(31-20-8-5-4-7-18(20)27(32)34)24-13-19-22(38-2)9-6-10-23(19)41-24/h4-15H,1-3H3/t15-/m0/s1. The number of aromatic nitrogens is 2.